The molecular weight excluding hydrogens is 775 g/mol. The fourth-order valence-corrected chi connectivity index (χ4v) is 10.4. The summed E-state index contributed by atoms with van der Waals surface area (Å²) in [5, 5.41) is 2.36. The third-order valence-corrected chi connectivity index (χ3v) is 13.0. The molecule has 64 heavy (non-hydrogen) atoms. The van der Waals surface area contributed by atoms with Crippen molar-refractivity contribution < 1.29 is 0 Å². The fourth-order valence-electron chi connectivity index (χ4n) is 10.4. The molecule has 0 atom stereocenters. The van der Waals surface area contributed by atoms with E-state index < -0.39 is 5.41 Å². The van der Waals surface area contributed by atoms with Gasteiger partial charge in [-0.1, -0.05) is 176 Å². The molecule has 0 radical (unpaired) electrons. The lowest BCUT2D eigenvalue weighted by atomic mass is 9.67. The van der Waals surface area contributed by atoms with E-state index in [2.05, 4.69) is 275 Å². The average molecular weight is 818 g/mol. The van der Waals surface area contributed by atoms with Gasteiger partial charge in [0.25, 0.3) is 0 Å². The molecule has 0 N–H and O–H groups in total. The summed E-state index contributed by atoms with van der Waals surface area (Å²) in [7, 11) is 0. The van der Waals surface area contributed by atoms with E-state index in [0.29, 0.717) is 0 Å². The van der Waals surface area contributed by atoms with Gasteiger partial charge in [0.1, 0.15) is 0 Å². The minimum Gasteiger partial charge on any atom is -0.310 e. The number of anilines is 6. The Labute approximate surface area is 374 Å². The second-order valence-corrected chi connectivity index (χ2v) is 16.5. The van der Waals surface area contributed by atoms with Gasteiger partial charge >= 0.3 is 0 Å². The van der Waals surface area contributed by atoms with Crippen molar-refractivity contribution >= 4 is 55.9 Å². The Morgan fingerprint density at radius 1 is 0.312 bits per heavy atom. The molecule has 1 aliphatic carbocycles. The number of rotatable bonds is 9. The molecule has 0 saturated carbocycles. The number of nitrogens with zero attached hydrogens (tertiary/aromatic N) is 3. The Hall–Kier alpha value is -8.40. The summed E-state index contributed by atoms with van der Waals surface area (Å²) in [6, 6.07) is 94.9. The number of aromatic nitrogens is 1. The predicted molar refractivity (Wildman–Crippen MR) is 267 cm³/mol. The van der Waals surface area contributed by atoms with Gasteiger partial charge in [-0.15, -0.1) is 0 Å². The summed E-state index contributed by atoms with van der Waals surface area (Å²) in [6.07, 6.45) is 0. The van der Waals surface area contributed by atoms with E-state index in [9.17, 15) is 0 Å². The van der Waals surface area contributed by atoms with Gasteiger partial charge in [0.15, 0.2) is 0 Å². The van der Waals surface area contributed by atoms with Crippen molar-refractivity contribution in [3.8, 4) is 16.8 Å². The highest BCUT2D eigenvalue weighted by atomic mass is 15.2. The van der Waals surface area contributed by atoms with Crippen LogP contribution in [0.4, 0.5) is 34.1 Å². The predicted octanol–water partition coefficient (Wildman–Crippen LogP) is 16.1. The first-order valence-electron chi connectivity index (χ1n) is 22.0. The van der Waals surface area contributed by atoms with Crippen molar-refractivity contribution in [3.05, 3.63) is 283 Å². The first kappa shape index (κ1) is 37.4. The van der Waals surface area contributed by atoms with Gasteiger partial charge in [0, 0.05) is 44.9 Å². The third kappa shape index (κ3) is 5.90. The number of benzene rings is 10. The standard InChI is InChI=1S/C61H43N3/c1-6-22-44(23-7-1)61(56-37-18-16-34-52(56)53-35-17-19-38-57(53)61)45-24-20-33-50(42-45)63(48-29-12-4-13-30-48)59-39-21-36-54-55-43-51(40-41-58(55)64(60(54)59)49-31-14-5-15-32-49)62(46-25-8-2-9-26-46)47-27-10-3-11-28-47/h1-43H. The number of hydrogen-bond acceptors (Lipinski definition) is 2. The molecule has 11 aromatic rings. The molecule has 0 amide bonds. The first-order chi connectivity index (χ1) is 31.8. The summed E-state index contributed by atoms with van der Waals surface area (Å²) < 4.78 is 2.45. The second kappa shape index (κ2) is 15.5. The zero-order valence-electron chi connectivity index (χ0n) is 35.2. The molecule has 0 fully saturated rings. The molecular formula is C61H43N3. The maximum absolute atomic E-state index is 2.46. The first-order valence-corrected chi connectivity index (χ1v) is 22.0. The van der Waals surface area contributed by atoms with Crippen LogP contribution in [0.25, 0.3) is 38.6 Å². The van der Waals surface area contributed by atoms with Gasteiger partial charge in [0.2, 0.25) is 0 Å². The van der Waals surface area contributed by atoms with Crippen LogP contribution in [0.15, 0.2) is 261 Å². The molecule has 1 heterocycles. The largest absolute Gasteiger partial charge is 0.310 e. The van der Waals surface area contributed by atoms with Gasteiger partial charge in [-0.05, 0) is 118 Å². The van der Waals surface area contributed by atoms with E-state index >= 15 is 0 Å². The molecule has 0 unspecified atom stereocenters. The summed E-state index contributed by atoms with van der Waals surface area (Å²) >= 11 is 0. The van der Waals surface area contributed by atoms with Gasteiger partial charge in [-0.25, -0.2) is 0 Å². The topological polar surface area (TPSA) is 11.4 Å². The quantitative estimate of drug-likeness (QED) is 0.144. The van der Waals surface area contributed by atoms with Crippen molar-refractivity contribution in [1.82, 2.24) is 4.57 Å². The molecule has 0 bridgehead atoms. The molecule has 10 aromatic carbocycles. The fraction of sp³-hybridized carbons (Fsp3) is 0.0164. The minimum absolute atomic E-state index is 0.530. The number of para-hydroxylation sites is 5. The van der Waals surface area contributed by atoms with Gasteiger partial charge < -0.3 is 14.4 Å². The Morgan fingerprint density at radius 3 is 1.39 bits per heavy atom. The van der Waals surface area contributed by atoms with E-state index in [0.717, 1.165) is 50.8 Å². The zero-order valence-corrected chi connectivity index (χ0v) is 35.2. The number of hydrogen-bond donors (Lipinski definition) is 0. The molecule has 0 spiro atoms. The molecule has 3 nitrogen and oxygen atoms in total. The highest BCUT2D eigenvalue weighted by Gasteiger charge is 2.46. The maximum atomic E-state index is 2.46. The molecule has 0 saturated heterocycles. The second-order valence-electron chi connectivity index (χ2n) is 16.5. The Balaban J connectivity index is 1.12. The van der Waals surface area contributed by atoms with Crippen LogP contribution in [0.2, 0.25) is 0 Å². The Morgan fingerprint density at radius 2 is 0.781 bits per heavy atom. The van der Waals surface area contributed by atoms with Gasteiger partial charge in [0.05, 0.1) is 22.1 Å². The van der Waals surface area contributed by atoms with Crippen molar-refractivity contribution in [2.24, 2.45) is 0 Å². The molecule has 0 aliphatic heterocycles. The van der Waals surface area contributed by atoms with Crippen LogP contribution >= 0.6 is 0 Å². The van der Waals surface area contributed by atoms with Gasteiger partial charge in [-0.2, -0.15) is 0 Å². The number of fused-ring (bicyclic) bond motifs is 6. The van der Waals surface area contributed by atoms with Crippen LogP contribution in [-0.4, -0.2) is 4.57 Å². The highest BCUT2D eigenvalue weighted by Crippen LogP contribution is 2.57. The van der Waals surface area contributed by atoms with E-state index in [1.807, 2.05) is 0 Å². The van der Waals surface area contributed by atoms with Crippen molar-refractivity contribution in [3.63, 3.8) is 0 Å². The highest BCUT2D eigenvalue weighted by molar-refractivity contribution is 6.15. The van der Waals surface area contributed by atoms with Gasteiger partial charge in [-0.3, -0.25) is 0 Å². The molecule has 302 valence electrons. The van der Waals surface area contributed by atoms with Crippen LogP contribution in [0.3, 0.4) is 0 Å². The van der Waals surface area contributed by atoms with Crippen molar-refractivity contribution in [2.45, 2.75) is 5.41 Å². The summed E-state index contributed by atoms with van der Waals surface area (Å²) in [6.45, 7) is 0. The molecule has 12 rings (SSSR count). The smallest absolute Gasteiger partial charge is 0.0782 e. The van der Waals surface area contributed by atoms with E-state index in [1.165, 1.54) is 44.2 Å². The van der Waals surface area contributed by atoms with Crippen molar-refractivity contribution in [2.75, 3.05) is 9.80 Å². The van der Waals surface area contributed by atoms with Crippen LogP contribution in [0.5, 0.6) is 0 Å². The average Bonchev–Trinajstić information content (AvgIpc) is 3.87. The Kier molecular flexibility index (Phi) is 9.05. The van der Waals surface area contributed by atoms with Crippen LogP contribution < -0.4 is 9.80 Å². The maximum Gasteiger partial charge on any atom is 0.0782 e. The SMILES string of the molecule is c1ccc(N(c2ccccc2)c2ccc3c(c2)c2cccc(N(c4ccccc4)c4cccc(C5(c6ccccc6)c6ccccc6-c6ccccc65)c4)c2n3-c2ccccc2)cc1. The van der Waals surface area contributed by atoms with Crippen LogP contribution in [0, 0.1) is 0 Å². The van der Waals surface area contributed by atoms with Crippen LogP contribution in [0.1, 0.15) is 22.3 Å². The lowest BCUT2D eigenvalue weighted by Crippen LogP contribution is -2.28. The molecule has 1 aliphatic rings. The monoisotopic (exact) mass is 817 g/mol. The van der Waals surface area contributed by atoms with Crippen molar-refractivity contribution in [1.29, 1.82) is 0 Å². The van der Waals surface area contributed by atoms with E-state index in [4.69, 9.17) is 0 Å². The summed E-state index contributed by atoms with van der Waals surface area (Å²) in [4.78, 5) is 4.80. The van der Waals surface area contributed by atoms with E-state index in [1.54, 1.807) is 0 Å². The Bertz CT molecular complexity index is 3350. The minimum atomic E-state index is -0.530. The van der Waals surface area contributed by atoms with Crippen LogP contribution in [-0.2, 0) is 5.41 Å². The molecule has 1 aromatic heterocycles. The summed E-state index contributed by atoms with van der Waals surface area (Å²) in [5.74, 6) is 0. The normalized spacial score (nSPS) is 12.5. The zero-order chi connectivity index (χ0) is 42.5. The third-order valence-electron chi connectivity index (χ3n) is 13.0. The summed E-state index contributed by atoms with van der Waals surface area (Å²) in [5.41, 5.74) is 17.0. The lowest BCUT2D eigenvalue weighted by Gasteiger charge is -2.35. The lowest BCUT2D eigenvalue weighted by molar-refractivity contribution is 0.768. The molecule has 3 heteroatoms. The van der Waals surface area contributed by atoms with E-state index in [-0.39, 0.29) is 0 Å².